The van der Waals surface area contributed by atoms with E-state index in [1.807, 2.05) is 26.0 Å². The molecule has 2 rings (SSSR count). The number of aromatic nitrogens is 2. The fraction of sp³-hybridized carbons (Fsp3) is 0.200. The van der Waals surface area contributed by atoms with Crippen LogP contribution in [0.25, 0.3) is 11.6 Å². The van der Waals surface area contributed by atoms with E-state index in [1.165, 1.54) is 0 Å². The van der Waals surface area contributed by atoms with Gasteiger partial charge in [-0.1, -0.05) is 11.6 Å². The molecule has 0 bridgehead atoms. The summed E-state index contributed by atoms with van der Waals surface area (Å²) in [5, 5.41) is 0.395. The van der Waals surface area contributed by atoms with Gasteiger partial charge in [-0.15, -0.1) is 0 Å². The van der Waals surface area contributed by atoms with Crippen LogP contribution < -0.4 is 0 Å². The zero-order chi connectivity index (χ0) is 11.0. The highest BCUT2D eigenvalue weighted by Gasteiger charge is 2.11. The molecule has 0 N–H and O–H groups in total. The molecule has 0 aliphatic heterocycles. The van der Waals surface area contributed by atoms with Crippen molar-refractivity contribution in [1.29, 1.82) is 0 Å². The summed E-state index contributed by atoms with van der Waals surface area (Å²) in [6.45, 7) is 3.73. The molecule has 0 amide bonds. The molecule has 0 aliphatic carbocycles. The van der Waals surface area contributed by atoms with Crippen LogP contribution in [0.15, 0.2) is 21.0 Å². The van der Waals surface area contributed by atoms with Crippen molar-refractivity contribution in [2.45, 2.75) is 13.8 Å². The van der Waals surface area contributed by atoms with Crippen LogP contribution >= 0.6 is 27.5 Å². The van der Waals surface area contributed by atoms with Crippen LogP contribution in [0, 0.1) is 13.8 Å². The third-order valence-electron chi connectivity index (χ3n) is 1.94. The smallest absolute Gasteiger partial charge is 0.197 e. The van der Waals surface area contributed by atoms with Gasteiger partial charge in [-0.05, 0) is 41.9 Å². The molecule has 0 spiro atoms. The van der Waals surface area contributed by atoms with Gasteiger partial charge in [0, 0.05) is 0 Å². The molecule has 0 fully saturated rings. The van der Waals surface area contributed by atoms with E-state index >= 15 is 0 Å². The molecule has 0 aliphatic rings. The minimum absolute atomic E-state index is 0.395. The summed E-state index contributed by atoms with van der Waals surface area (Å²) in [5.74, 6) is 1.96. The highest BCUT2D eigenvalue weighted by Crippen LogP contribution is 2.26. The van der Waals surface area contributed by atoms with Gasteiger partial charge in [0.15, 0.2) is 11.6 Å². The monoisotopic (exact) mass is 286 g/mol. The predicted octanol–water partition coefficient (Wildman–Crippen LogP) is 3.77. The maximum atomic E-state index is 5.94. The molecule has 2 heterocycles. The maximum absolute atomic E-state index is 5.94. The summed E-state index contributed by atoms with van der Waals surface area (Å²) in [5.41, 5.74) is 0.791. The van der Waals surface area contributed by atoms with Crippen molar-refractivity contribution in [2.75, 3.05) is 0 Å². The van der Waals surface area contributed by atoms with E-state index in [-0.39, 0.29) is 0 Å². The van der Waals surface area contributed by atoms with Gasteiger partial charge in [0.25, 0.3) is 0 Å². The van der Waals surface area contributed by atoms with Crippen LogP contribution in [0.4, 0.5) is 0 Å². The summed E-state index contributed by atoms with van der Waals surface area (Å²) >= 11 is 9.24. The van der Waals surface area contributed by atoms with E-state index in [0.717, 1.165) is 15.9 Å². The third kappa shape index (κ3) is 2.06. The highest BCUT2D eigenvalue weighted by molar-refractivity contribution is 9.10. The number of rotatable bonds is 1. The van der Waals surface area contributed by atoms with Crippen molar-refractivity contribution in [1.82, 2.24) is 9.97 Å². The van der Waals surface area contributed by atoms with Gasteiger partial charge in [-0.3, -0.25) is 0 Å². The first-order valence-corrected chi connectivity index (χ1v) is 5.51. The van der Waals surface area contributed by atoms with Crippen LogP contribution in [0.3, 0.4) is 0 Å². The Morgan fingerprint density at radius 3 is 2.53 bits per heavy atom. The number of halogens is 2. The van der Waals surface area contributed by atoms with Gasteiger partial charge in [0.05, 0.1) is 10.2 Å². The van der Waals surface area contributed by atoms with E-state index in [1.54, 1.807) is 0 Å². The lowest BCUT2D eigenvalue weighted by Gasteiger charge is -2.02. The number of hydrogen-bond donors (Lipinski definition) is 0. The second-order valence-corrected chi connectivity index (χ2v) is 4.30. The molecule has 5 heteroatoms. The largest absolute Gasteiger partial charge is 0.458 e. The molecule has 78 valence electrons. The molecule has 0 atom stereocenters. The van der Waals surface area contributed by atoms with Crippen molar-refractivity contribution in [3.05, 3.63) is 33.2 Å². The van der Waals surface area contributed by atoms with E-state index in [4.69, 9.17) is 16.0 Å². The molecule has 3 nitrogen and oxygen atoms in total. The molecule has 0 saturated heterocycles. The Bertz CT molecular complexity index is 487. The summed E-state index contributed by atoms with van der Waals surface area (Å²) in [4.78, 5) is 8.41. The predicted molar refractivity (Wildman–Crippen MR) is 61.9 cm³/mol. The zero-order valence-corrected chi connectivity index (χ0v) is 10.6. The quantitative estimate of drug-likeness (QED) is 0.749. The van der Waals surface area contributed by atoms with Crippen molar-refractivity contribution in [3.63, 3.8) is 0 Å². The van der Waals surface area contributed by atoms with Crippen LogP contribution in [0.2, 0.25) is 5.15 Å². The first kappa shape index (κ1) is 10.6. The fourth-order valence-corrected chi connectivity index (χ4v) is 1.58. The molecule has 0 saturated carbocycles. The first-order valence-electron chi connectivity index (χ1n) is 4.34. The van der Waals surface area contributed by atoms with E-state index in [2.05, 4.69) is 25.9 Å². The van der Waals surface area contributed by atoms with Crippen LogP contribution in [0.5, 0.6) is 0 Å². The molecular formula is C10H8BrClN2O. The Balaban J connectivity index is 2.55. The van der Waals surface area contributed by atoms with Crippen molar-refractivity contribution in [2.24, 2.45) is 0 Å². The number of hydrogen-bond acceptors (Lipinski definition) is 3. The second-order valence-electron chi connectivity index (χ2n) is 3.15. The van der Waals surface area contributed by atoms with Gasteiger partial charge < -0.3 is 4.42 Å². The molecule has 2 aromatic heterocycles. The van der Waals surface area contributed by atoms with Crippen LogP contribution in [-0.2, 0) is 0 Å². The minimum atomic E-state index is 0.395. The van der Waals surface area contributed by atoms with Gasteiger partial charge in [0.2, 0.25) is 0 Å². The van der Waals surface area contributed by atoms with E-state index in [9.17, 15) is 0 Å². The lowest BCUT2D eigenvalue weighted by molar-refractivity contribution is 0.544. The minimum Gasteiger partial charge on any atom is -0.458 e. The SMILES string of the molecule is Cc1ccc(-c2nc(C)c(Br)c(Cl)n2)o1. The summed E-state index contributed by atoms with van der Waals surface area (Å²) in [6.07, 6.45) is 0. The van der Waals surface area contributed by atoms with Crippen LogP contribution in [0.1, 0.15) is 11.5 Å². The van der Waals surface area contributed by atoms with Gasteiger partial charge in [-0.25, -0.2) is 9.97 Å². The van der Waals surface area contributed by atoms with Gasteiger partial charge in [-0.2, -0.15) is 0 Å². The highest BCUT2D eigenvalue weighted by atomic mass is 79.9. The molecule has 0 aromatic carbocycles. The third-order valence-corrected chi connectivity index (χ3v) is 3.39. The lowest BCUT2D eigenvalue weighted by Crippen LogP contribution is -1.93. The average Bonchev–Trinajstić information content (AvgIpc) is 2.60. The Morgan fingerprint density at radius 1 is 1.27 bits per heavy atom. The Kier molecular flexibility index (Phi) is 2.80. The standard InChI is InChI=1S/C10H8BrClN2O/c1-5-3-4-7(15-5)10-13-6(2)8(11)9(12)14-10/h3-4H,1-2H3. The number of aryl methyl sites for hydroxylation is 2. The molecule has 15 heavy (non-hydrogen) atoms. The average molecular weight is 288 g/mol. The maximum Gasteiger partial charge on any atom is 0.197 e. The van der Waals surface area contributed by atoms with Gasteiger partial charge in [0.1, 0.15) is 10.9 Å². The van der Waals surface area contributed by atoms with Crippen molar-refractivity contribution in [3.8, 4) is 11.6 Å². The first-order chi connectivity index (χ1) is 7.08. The molecule has 2 aromatic rings. The lowest BCUT2D eigenvalue weighted by atomic mass is 10.4. The van der Waals surface area contributed by atoms with Gasteiger partial charge >= 0.3 is 0 Å². The Hall–Kier alpha value is -0.870. The van der Waals surface area contributed by atoms with E-state index in [0.29, 0.717) is 16.7 Å². The zero-order valence-electron chi connectivity index (χ0n) is 8.21. The number of furan rings is 1. The van der Waals surface area contributed by atoms with Crippen molar-refractivity contribution < 1.29 is 4.42 Å². The molecule has 0 unspecified atom stereocenters. The molecule has 0 radical (unpaired) electrons. The normalized spacial score (nSPS) is 10.7. The molecular weight excluding hydrogens is 279 g/mol. The topological polar surface area (TPSA) is 38.9 Å². The number of nitrogens with zero attached hydrogens (tertiary/aromatic N) is 2. The summed E-state index contributed by atoms with van der Waals surface area (Å²) in [7, 11) is 0. The fourth-order valence-electron chi connectivity index (χ4n) is 1.19. The van der Waals surface area contributed by atoms with E-state index < -0.39 is 0 Å². The second kappa shape index (κ2) is 3.94. The summed E-state index contributed by atoms with van der Waals surface area (Å²) in [6, 6.07) is 3.69. The Labute approximate surface area is 101 Å². The van der Waals surface area contributed by atoms with Crippen molar-refractivity contribution >= 4 is 27.5 Å². The summed E-state index contributed by atoms with van der Waals surface area (Å²) < 4.78 is 6.14. The van der Waals surface area contributed by atoms with Crippen LogP contribution in [-0.4, -0.2) is 9.97 Å². The Morgan fingerprint density at radius 2 is 2.00 bits per heavy atom.